The number of ether oxygens (including phenoxy) is 3. The SMILES string of the molecule is COc1ccc(OC)c(CCNS(=O)(=O)c2ccc(OC)c(Br)c2)c1. The van der Waals surface area contributed by atoms with Gasteiger partial charge in [0.1, 0.15) is 17.2 Å². The third-order valence-electron chi connectivity index (χ3n) is 3.61. The summed E-state index contributed by atoms with van der Waals surface area (Å²) in [6.45, 7) is 0.232. The lowest BCUT2D eigenvalue weighted by atomic mass is 10.1. The molecule has 2 aromatic rings. The Bertz CT molecular complexity index is 839. The monoisotopic (exact) mass is 429 g/mol. The molecule has 0 fully saturated rings. The van der Waals surface area contributed by atoms with Crippen molar-refractivity contribution in [3.8, 4) is 17.2 Å². The van der Waals surface area contributed by atoms with Crippen molar-refractivity contribution < 1.29 is 22.6 Å². The van der Waals surface area contributed by atoms with Gasteiger partial charge in [0, 0.05) is 6.54 Å². The normalized spacial score (nSPS) is 11.2. The molecule has 0 radical (unpaired) electrons. The summed E-state index contributed by atoms with van der Waals surface area (Å²) in [5, 5.41) is 0. The predicted molar refractivity (Wildman–Crippen MR) is 99.1 cm³/mol. The number of sulfonamides is 1. The van der Waals surface area contributed by atoms with Gasteiger partial charge in [-0.05, 0) is 64.3 Å². The van der Waals surface area contributed by atoms with Gasteiger partial charge in [0.25, 0.3) is 0 Å². The summed E-state index contributed by atoms with van der Waals surface area (Å²) in [7, 11) is 1.05. The van der Waals surface area contributed by atoms with Crippen LogP contribution in [0.2, 0.25) is 0 Å². The zero-order valence-electron chi connectivity index (χ0n) is 14.2. The van der Waals surface area contributed by atoms with E-state index in [4.69, 9.17) is 14.2 Å². The van der Waals surface area contributed by atoms with Crippen LogP contribution in [0.15, 0.2) is 45.8 Å². The van der Waals surface area contributed by atoms with Gasteiger partial charge in [-0.25, -0.2) is 13.1 Å². The van der Waals surface area contributed by atoms with Gasteiger partial charge < -0.3 is 14.2 Å². The first-order chi connectivity index (χ1) is 11.9. The smallest absolute Gasteiger partial charge is 0.240 e. The van der Waals surface area contributed by atoms with Crippen LogP contribution in [-0.2, 0) is 16.4 Å². The second-order valence-corrected chi connectivity index (χ2v) is 7.74. The van der Waals surface area contributed by atoms with E-state index in [-0.39, 0.29) is 11.4 Å². The van der Waals surface area contributed by atoms with E-state index in [0.29, 0.717) is 28.1 Å². The Morgan fingerprint density at radius 2 is 1.64 bits per heavy atom. The number of rotatable bonds is 8. The van der Waals surface area contributed by atoms with Crippen molar-refractivity contribution in [1.82, 2.24) is 4.72 Å². The van der Waals surface area contributed by atoms with Gasteiger partial charge in [0.05, 0.1) is 30.7 Å². The Hall–Kier alpha value is -1.77. The van der Waals surface area contributed by atoms with Gasteiger partial charge in [-0.15, -0.1) is 0 Å². The van der Waals surface area contributed by atoms with E-state index in [9.17, 15) is 8.42 Å². The van der Waals surface area contributed by atoms with E-state index in [2.05, 4.69) is 20.7 Å². The van der Waals surface area contributed by atoms with E-state index in [1.165, 1.54) is 19.2 Å². The topological polar surface area (TPSA) is 73.9 Å². The molecular weight excluding hydrogens is 410 g/mol. The van der Waals surface area contributed by atoms with Crippen LogP contribution < -0.4 is 18.9 Å². The van der Waals surface area contributed by atoms with Crippen LogP contribution in [0.1, 0.15) is 5.56 Å². The zero-order valence-corrected chi connectivity index (χ0v) is 16.6. The van der Waals surface area contributed by atoms with Crippen LogP contribution >= 0.6 is 15.9 Å². The van der Waals surface area contributed by atoms with Crippen molar-refractivity contribution in [1.29, 1.82) is 0 Å². The molecule has 0 aliphatic carbocycles. The second kappa shape index (κ2) is 8.55. The quantitative estimate of drug-likeness (QED) is 0.697. The lowest BCUT2D eigenvalue weighted by molar-refractivity contribution is 0.398. The van der Waals surface area contributed by atoms with Crippen molar-refractivity contribution in [3.05, 3.63) is 46.4 Å². The van der Waals surface area contributed by atoms with Crippen LogP contribution in [0.25, 0.3) is 0 Å². The number of benzene rings is 2. The molecule has 0 bridgehead atoms. The molecule has 8 heteroatoms. The number of nitrogens with one attached hydrogen (secondary N) is 1. The Morgan fingerprint density at radius 3 is 2.24 bits per heavy atom. The highest BCUT2D eigenvalue weighted by Gasteiger charge is 2.16. The maximum atomic E-state index is 12.4. The molecule has 136 valence electrons. The minimum Gasteiger partial charge on any atom is -0.497 e. The fourth-order valence-electron chi connectivity index (χ4n) is 2.29. The molecule has 0 saturated heterocycles. The molecule has 0 atom stereocenters. The first-order valence-corrected chi connectivity index (χ1v) is 9.73. The van der Waals surface area contributed by atoms with Crippen LogP contribution in [0.5, 0.6) is 17.2 Å². The van der Waals surface area contributed by atoms with E-state index in [0.717, 1.165) is 5.56 Å². The van der Waals surface area contributed by atoms with Gasteiger partial charge in [-0.2, -0.15) is 0 Å². The Labute approximate surface area is 156 Å². The van der Waals surface area contributed by atoms with Crippen molar-refractivity contribution >= 4 is 26.0 Å². The molecule has 0 saturated carbocycles. The van der Waals surface area contributed by atoms with Crippen molar-refractivity contribution in [2.24, 2.45) is 0 Å². The zero-order chi connectivity index (χ0) is 18.4. The summed E-state index contributed by atoms with van der Waals surface area (Å²) in [4.78, 5) is 0.165. The van der Waals surface area contributed by atoms with Gasteiger partial charge in [0.15, 0.2) is 0 Å². The number of hydrogen-bond acceptors (Lipinski definition) is 5. The Balaban J connectivity index is 2.09. The highest BCUT2D eigenvalue weighted by Crippen LogP contribution is 2.27. The summed E-state index contributed by atoms with van der Waals surface area (Å²) >= 11 is 3.29. The van der Waals surface area contributed by atoms with E-state index in [1.807, 2.05) is 6.07 Å². The van der Waals surface area contributed by atoms with Crippen LogP contribution in [0.3, 0.4) is 0 Å². The minimum absolute atomic E-state index is 0.165. The van der Waals surface area contributed by atoms with Gasteiger partial charge in [0.2, 0.25) is 10.0 Å². The van der Waals surface area contributed by atoms with Crippen LogP contribution in [0.4, 0.5) is 0 Å². The van der Waals surface area contributed by atoms with Crippen LogP contribution in [0, 0.1) is 0 Å². The molecule has 0 aliphatic rings. The highest BCUT2D eigenvalue weighted by molar-refractivity contribution is 9.10. The largest absolute Gasteiger partial charge is 0.497 e. The van der Waals surface area contributed by atoms with Gasteiger partial charge >= 0.3 is 0 Å². The minimum atomic E-state index is -3.62. The standard InChI is InChI=1S/C17H20BrNO5S/c1-22-13-4-6-16(23-2)12(10-13)8-9-19-25(20,21)14-5-7-17(24-3)15(18)11-14/h4-7,10-11,19H,8-9H2,1-3H3. The Kier molecular flexibility index (Phi) is 6.69. The molecule has 2 aromatic carbocycles. The maximum absolute atomic E-state index is 12.4. The summed E-state index contributed by atoms with van der Waals surface area (Å²) < 4.78 is 43.6. The predicted octanol–water partition coefficient (Wildman–Crippen LogP) is 3.00. The molecule has 0 spiro atoms. The lowest BCUT2D eigenvalue weighted by Gasteiger charge is -2.12. The number of hydrogen-bond donors (Lipinski definition) is 1. The molecular formula is C17H20BrNO5S. The second-order valence-electron chi connectivity index (χ2n) is 5.12. The fraction of sp³-hybridized carbons (Fsp3) is 0.294. The highest BCUT2D eigenvalue weighted by atomic mass is 79.9. The Morgan fingerprint density at radius 1 is 0.960 bits per heavy atom. The summed E-state index contributed by atoms with van der Waals surface area (Å²) in [6.07, 6.45) is 0.469. The average molecular weight is 430 g/mol. The van der Waals surface area contributed by atoms with Gasteiger partial charge in [-0.3, -0.25) is 0 Å². The summed E-state index contributed by atoms with van der Waals surface area (Å²) in [5.74, 6) is 1.95. The molecule has 0 heterocycles. The van der Waals surface area contributed by atoms with Gasteiger partial charge in [-0.1, -0.05) is 0 Å². The third kappa shape index (κ3) is 4.87. The fourth-order valence-corrected chi connectivity index (χ4v) is 4.04. The molecule has 25 heavy (non-hydrogen) atoms. The first kappa shape index (κ1) is 19.6. The molecule has 1 N–H and O–H groups in total. The van der Waals surface area contributed by atoms with E-state index >= 15 is 0 Å². The molecule has 0 aromatic heterocycles. The molecule has 0 amide bonds. The molecule has 0 aliphatic heterocycles. The molecule has 2 rings (SSSR count). The first-order valence-electron chi connectivity index (χ1n) is 7.45. The van der Waals surface area contributed by atoms with E-state index < -0.39 is 10.0 Å². The number of halogens is 1. The molecule has 0 unspecified atom stereocenters. The number of methoxy groups -OCH3 is 3. The van der Waals surface area contributed by atoms with Crippen LogP contribution in [-0.4, -0.2) is 36.3 Å². The summed E-state index contributed by atoms with van der Waals surface area (Å²) in [6, 6.07) is 10.0. The van der Waals surface area contributed by atoms with Crippen molar-refractivity contribution in [3.63, 3.8) is 0 Å². The molecule has 6 nitrogen and oxygen atoms in total. The van der Waals surface area contributed by atoms with Crippen molar-refractivity contribution in [2.45, 2.75) is 11.3 Å². The third-order valence-corrected chi connectivity index (χ3v) is 5.69. The summed E-state index contributed by atoms with van der Waals surface area (Å²) in [5.41, 5.74) is 0.862. The van der Waals surface area contributed by atoms with Crippen molar-refractivity contribution in [2.75, 3.05) is 27.9 Å². The van der Waals surface area contributed by atoms with E-state index in [1.54, 1.807) is 32.4 Å². The maximum Gasteiger partial charge on any atom is 0.240 e. The lowest BCUT2D eigenvalue weighted by Crippen LogP contribution is -2.26. The average Bonchev–Trinajstić information content (AvgIpc) is 2.61.